The first-order valence-electron chi connectivity index (χ1n) is 14.6. The molecule has 0 spiro atoms. The number of hydrogen-bond acceptors (Lipinski definition) is 6. The number of allylic oxidation sites excluding steroid dienone is 5. The summed E-state index contributed by atoms with van der Waals surface area (Å²) in [4.78, 5) is 4.71. The number of pyridine rings is 1. The van der Waals surface area contributed by atoms with Crippen LogP contribution in [0.25, 0.3) is 0 Å². The second-order valence-corrected chi connectivity index (χ2v) is 11.1. The Kier molecular flexibility index (Phi) is 10.2. The third kappa shape index (κ3) is 7.70. The average molecular weight is 505 g/mol. The van der Waals surface area contributed by atoms with Crippen molar-refractivity contribution >= 4 is 11.5 Å². The van der Waals surface area contributed by atoms with Gasteiger partial charge in [-0.25, -0.2) is 4.98 Å². The van der Waals surface area contributed by atoms with E-state index in [1.165, 1.54) is 53.9 Å². The van der Waals surface area contributed by atoms with Gasteiger partial charge in [-0.2, -0.15) is 5.10 Å². The minimum Gasteiger partial charge on any atom is -0.381 e. The summed E-state index contributed by atoms with van der Waals surface area (Å²) in [5.74, 6) is 2.53. The van der Waals surface area contributed by atoms with Gasteiger partial charge in [-0.05, 0) is 108 Å². The van der Waals surface area contributed by atoms with Crippen LogP contribution in [-0.2, 0) is 6.42 Å². The first kappa shape index (κ1) is 27.4. The van der Waals surface area contributed by atoms with Gasteiger partial charge in [0.25, 0.3) is 0 Å². The SMILES string of the molecule is C=C1CCC(C2CNN=C2C2=CCCC(C)N2)CC1C/C(=C\C)Nc1ccc(CCCNCCC)cn1. The molecular formula is C31H48N6. The van der Waals surface area contributed by atoms with Gasteiger partial charge in [0.15, 0.2) is 0 Å². The fraction of sp³-hybridized carbons (Fsp3) is 0.613. The summed E-state index contributed by atoms with van der Waals surface area (Å²) in [7, 11) is 0. The van der Waals surface area contributed by atoms with Crippen LogP contribution in [0.3, 0.4) is 0 Å². The van der Waals surface area contributed by atoms with E-state index in [9.17, 15) is 0 Å². The van der Waals surface area contributed by atoms with E-state index in [4.69, 9.17) is 10.1 Å². The summed E-state index contributed by atoms with van der Waals surface area (Å²) in [5.41, 5.74) is 9.76. The van der Waals surface area contributed by atoms with Crippen molar-refractivity contribution < 1.29 is 0 Å². The van der Waals surface area contributed by atoms with Crippen molar-refractivity contribution in [3.05, 3.63) is 59.6 Å². The Morgan fingerprint density at radius 2 is 2.14 bits per heavy atom. The standard InChI is InChI=1S/C31H48N6/c1-5-16-32-17-8-10-24-13-15-30(33-20-24)36-27(6-2)19-26-18-25(14-12-22(26)3)28-21-34-37-31(28)29-11-7-9-23(4)35-29/h6,11,13,15,20,23,25-26,28,32,34-35H,3,5,7-10,12,14,16-19,21H2,1-2,4H3,(H,33,36)/b27-6+. The minimum atomic E-state index is 0.480. The van der Waals surface area contributed by atoms with Crippen LogP contribution in [0.2, 0.25) is 0 Å². The summed E-state index contributed by atoms with van der Waals surface area (Å²) in [6, 6.07) is 4.85. The molecule has 1 aromatic rings. The van der Waals surface area contributed by atoms with E-state index in [-0.39, 0.29) is 0 Å². The van der Waals surface area contributed by atoms with E-state index in [2.05, 4.69) is 73.0 Å². The lowest BCUT2D eigenvalue weighted by Gasteiger charge is -2.36. The highest BCUT2D eigenvalue weighted by Gasteiger charge is 2.37. The zero-order valence-corrected chi connectivity index (χ0v) is 23.3. The smallest absolute Gasteiger partial charge is 0.130 e. The number of aryl methyl sites for hydroxylation is 1. The van der Waals surface area contributed by atoms with Crippen molar-refractivity contribution in [2.75, 3.05) is 25.0 Å². The van der Waals surface area contributed by atoms with Crippen LogP contribution >= 0.6 is 0 Å². The van der Waals surface area contributed by atoms with Crippen molar-refractivity contribution in [2.24, 2.45) is 22.9 Å². The third-order valence-corrected chi connectivity index (χ3v) is 8.23. The molecule has 0 amide bonds. The van der Waals surface area contributed by atoms with Crippen molar-refractivity contribution in [3.8, 4) is 0 Å². The zero-order chi connectivity index (χ0) is 26.0. The van der Waals surface area contributed by atoms with Crippen molar-refractivity contribution in [1.82, 2.24) is 21.0 Å². The predicted octanol–water partition coefficient (Wildman–Crippen LogP) is 5.92. The lowest BCUT2D eigenvalue weighted by atomic mass is 9.70. The van der Waals surface area contributed by atoms with Gasteiger partial charge in [0.2, 0.25) is 0 Å². The molecular weight excluding hydrogens is 456 g/mol. The summed E-state index contributed by atoms with van der Waals surface area (Å²) in [5, 5.41) is 15.5. The predicted molar refractivity (Wildman–Crippen MR) is 157 cm³/mol. The van der Waals surface area contributed by atoms with E-state index in [1.807, 2.05) is 6.20 Å². The van der Waals surface area contributed by atoms with Crippen LogP contribution in [0, 0.1) is 17.8 Å². The van der Waals surface area contributed by atoms with Crippen LogP contribution in [-0.4, -0.2) is 36.4 Å². The van der Waals surface area contributed by atoms with Gasteiger partial charge in [-0.15, -0.1) is 0 Å². The van der Waals surface area contributed by atoms with Crippen molar-refractivity contribution in [2.45, 2.75) is 84.6 Å². The van der Waals surface area contributed by atoms with Crippen molar-refractivity contribution in [3.63, 3.8) is 0 Å². The van der Waals surface area contributed by atoms with Crippen LogP contribution < -0.4 is 21.4 Å². The summed E-state index contributed by atoms with van der Waals surface area (Å²) in [6.07, 6.45) is 16.8. The molecule has 4 atom stereocenters. The fourth-order valence-electron chi connectivity index (χ4n) is 5.97. The Balaban J connectivity index is 1.31. The highest BCUT2D eigenvalue weighted by Crippen LogP contribution is 2.41. The van der Waals surface area contributed by atoms with Gasteiger partial charge >= 0.3 is 0 Å². The number of hydrogen-bond donors (Lipinski definition) is 4. The molecule has 0 radical (unpaired) electrons. The maximum atomic E-state index is 4.74. The molecule has 0 aromatic carbocycles. The van der Waals surface area contributed by atoms with Crippen LogP contribution in [0.4, 0.5) is 5.82 Å². The van der Waals surface area contributed by atoms with E-state index < -0.39 is 0 Å². The number of aromatic nitrogens is 1. The number of nitrogens with one attached hydrogen (secondary N) is 4. The fourth-order valence-corrected chi connectivity index (χ4v) is 5.97. The average Bonchev–Trinajstić information content (AvgIpc) is 3.40. The zero-order valence-electron chi connectivity index (χ0n) is 23.3. The van der Waals surface area contributed by atoms with Crippen LogP contribution in [0.5, 0.6) is 0 Å². The quantitative estimate of drug-likeness (QED) is 0.210. The summed E-state index contributed by atoms with van der Waals surface area (Å²) in [6.45, 7) is 14.2. The molecule has 4 rings (SSSR count). The molecule has 4 unspecified atom stereocenters. The number of hydrazone groups is 1. The van der Waals surface area contributed by atoms with E-state index in [0.29, 0.717) is 23.8 Å². The van der Waals surface area contributed by atoms with Crippen LogP contribution in [0.15, 0.2) is 59.1 Å². The Morgan fingerprint density at radius 3 is 2.89 bits per heavy atom. The van der Waals surface area contributed by atoms with E-state index >= 15 is 0 Å². The Bertz CT molecular complexity index is 976. The molecule has 6 nitrogen and oxygen atoms in total. The summed E-state index contributed by atoms with van der Waals surface area (Å²) >= 11 is 0. The molecule has 202 valence electrons. The lowest BCUT2D eigenvalue weighted by Crippen LogP contribution is -2.37. The molecule has 1 aromatic heterocycles. The second-order valence-electron chi connectivity index (χ2n) is 11.1. The molecule has 2 aliphatic heterocycles. The van der Waals surface area contributed by atoms with Gasteiger partial charge in [-0.1, -0.05) is 37.3 Å². The van der Waals surface area contributed by atoms with Crippen molar-refractivity contribution in [1.29, 1.82) is 0 Å². The second kappa shape index (κ2) is 13.8. The maximum absolute atomic E-state index is 4.74. The molecule has 3 aliphatic rings. The lowest BCUT2D eigenvalue weighted by molar-refractivity contribution is 0.281. The largest absolute Gasteiger partial charge is 0.381 e. The Hall–Kier alpha value is -2.60. The third-order valence-electron chi connectivity index (χ3n) is 8.23. The summed E-state index contributed by atoms with van der Waals surface area (Å²) < 4.78 is 0. The number of anilines is 1. The Labute approximate surface area is 224 Å². The number of nitrogens with zero attached hydrogens (tertiary/aromatic N) is 2. The normalized spacial score (nSPS) is 26.2. The molecule has 1 saturated carbocycles. The van der Waals surface area contributed by atoms with Gasteiger partial charge in [0.1, 0.15) is 5.82 Å². The molecule has 3 heterocycles. The van der Waals surface area contributed by atoms with Crippen LogP contribution in [0.1, 0.15) is 77.7 Å². The van der Waals surface area contributed by atoms with Gasteiger partial charge in [-0.3, -0.25) is 0 Å². The van der Waals surface area contributed by atoms with E-state index in [1.54, 1.807) is 0 Å². The Morgan fingerprint density at radius 1 is 1.24 bits per heavy atom. The minimum absolute atomic E-state index is 0.480. The topological polar surface area (TPSA) is 73.4 Å². The first-order valence-corrected chi connectivity index (χ1v) is 14.6. The van der Waals surface area contributed by atoms with Gasteiger partial charge in [0, 0.05) is 30.4 Å². The monoisotopic (exact) mass is 504 g/mol. The highest BCUT2D eigenvalue weighted by molar-refractivity contribution is 6.02. The van der Waals surface area contributed by atoms with Gasteiger partial charge in [0.05, 0.1) is 11.4 Å². The molecule has 0 saturated heterocycles. The molecule has 6 heteroatoms. The maximum Gasteiger partial charge on any atom is 0.130 e. The highest BCUT2D eigenvalue weighted by atomic mass is 15.3. The number of rotatable bonds is 12. The molecule has 1 aliphatic carbocycles. The van der Waals surface area contributed by atoms with Gasteiger partial charge < -0.3 is 21.4 Å². The molecule has 4 N–H and O–H groups in total. The molecule has 37 heavy (non-hydrogen) atoms. The van der Waals surface area contributed by atoms with E-state index in [0.717, 1.165) is 57.6 Å². The molecule has 1 fully saturated rings. The molecule has 0 bridgehead atoms. The first-order chi connectivity index (χ1) is 18.1.